The average molecular weight is 301 g/mol. The van der Waals surface area contributed by atoms with Crippen LogP contribution in [0.15, 0.2) is 24.3 Å². The molecule has 2 aliphatic rings. The van der Waals surface area contributed by atoms with E-state index in [0.29, 0.717) is 11.7 Å². The Hall–Kier alpha value is -1.60. The van der Waals surface area contributed by atoms with Gasteiger partial charge in [0, 0.05) is 24.8 Å². The third-order valence-electron chi connectivity index (χ3n) is 5.23. The molecule has 0 amide bonds. The van der Waals surface area contributed by atoms with E-state index in [2.05, 4.69) is 23.2 Å². The van der Waals surface area contributed by atoms with Gasteiger partial charge in [-0.2, -0.15) is 5.26 Å². The third kappa shape index (κ3) is 3.25. The summed E-state index contributed by atoms with van der Waals surface area (Å²) in [5.41, 5.74) is 0.116. The number of nitriles is 1. The fraction of sp³-hybridized carbons (Fsp3) is 0.611. The lowest BCUT2D eigenvalue weighted by Crippen LogP contribution is -2.53. The Morgan fingerprint density at radius 2 is 2.27 bits per heavy atom. The van der Waals surface area contributed by atoms with Gasteiger partial charge in [-0.15, -0.1) is 0 Å². The zero-order valence-corrected chi connectivity index (χ0v) is 13.2. The Morgan fingerprint density at radius 3 is 2.86 bits per heavy atom. The molecule has 1 aromatic rings. The number of rotatable bonds is 4. The molecule has 22 heavy (non-hydrogen) atoms. The van der Waals surface area contributed by atoms with Crippen molar-refractivity contribution in [2.45, 2.75) is 50.6 Å². The molecule has 0 bridgehead atoms. The molecule has 1 saturated heterocycles. The van der Waals surface area contributed by atoms with Crippen molar-refractivity contribution in [1.29, 1.82) is 5.26 Å². The van der Waals surface area contributed by atoms with Crippen LogP contribution >= 0.6 is 0 Å². The van der Waals surface area contributed by atoms with E-state index < -0.39 is 5.54 Å². The van der Waals surface area contributed by atoms with E-state index in [9.17, 15) is 9.65 Å². The number of anilines is 1. The van der Waals surface area contributed by atoms with Crippen molar-refractivity contribution >= 4 is 5.69 Å². The van der Waals surface area contributed by atoms with Gasteiger partial charge in [0.05, 0.1) is 6.07 Å². The first-order valence-electron chi connectivity index (χ1n) is 8.29. The first kappa shape index (κ1) is 15.3. The topological polar surface area (TPSA) is 39.1 Å². The Morgan fingerprint density at radius 1 is 1.45 bits per heavy atom. The standard InChI is InChI=1S/C18H24FN3/c1-14-11-18(13-20,21-17-7-3-6-16(19)10-17)8-9-22(14)12-15-4-2-5-15/h3,6-7,10,14-15,21H,2,4-5,8-9,11-12H2,1H3/t14-,18+/m1/s1. The van der Waals surface area contributed by atoms with Crippen LogP contribution in [-0.4, -0.2) is 29.6 Å². The van der Waals surface area contributed by atoms with Crippen LogP contribution in [0.5, 0.6) is 0 Å². The summed E-state index contributed by atoms with van der Waals surface area (Å²) in [6.45, 7) is 4.31. The maximum atomic E-state index is 13.3. The predicted octanol–water partition coefficient (Wildman–Crippen LogP) is 3.78. The smallest absolute Gasteiger partial charge is 0.128 e. The quantitative estimate of drug-likeness (QED) is 0.919. The second-order valence-electron chi connectivity index (χ2n) is 6.92. The summed E-state index contributed by atoms with van der Waals surface area (Å²) >= 11 is 0. The minimum absolute atomic E-state index is 0.270. The van der Waals surface area contributed by atoms with Crippen molar-refractivity contribution in [2.24, 2.45) is 5.92 Å². The Bertz CT molecular complexity index is 564. The van der Waals surface area contributed by atoms with E-state index >= 15 is 0 Å². The Kier molecular flexibility index (Phi) is 4.35. The highest BCUT2D eigenvalue weighted by atomic mass is 19.1. The molecule has 2 fully saturated rings. The van der Waals surface area contributed by atoms with Gasteiger partial charge in [-0.25, -0.2) is 4.39 Å². The third-order valence-corrected chi connectivity index (χ3v) is 5.23. The average Bonchev–Trinajstić information content (AvgIpc) is 2.44. The van der Waals surface area contributed by atoms with Crippen LogP contribution in [-0.2, 0) is 0 Å². The van der Waals surface area contributed by atoms with E-state index in [0.717, 1.165) is 25.3 Å². The second-order valence-corrected chi connectivity index (χ2v) is 6.92. The lowest BCUT2D eigenvalue weighted by molar-refractivity contribution is 0.0923. The molecule has 118 valence electrons. The van der Waals surface area contributed by atoms with Crippen LogP contribution in [0.4, 0.5) is 10.1 Å². The number of likely N-dealkylation sites (tertiary alicyclic amines) is 1. The lowest BCUT2D eigenvalue weighted by Gasteiger charge is -2.45. The highest BCUT2D eigenvalue weighted by molar-refractivity contribution is 5.48. The molecule has 0 radical (unpaired) electrons. The van der Waals surface area contributed by atoms with E-state index in [1.165, 1.54) is 37.9 Å². The van der Waals surface area contributed by atoms with E-state index in [1.807, 2.05) is 6.07 Å². The van der Waals surface area contributed by atoms with Crippen molar-refractivity contribution in [1.82, 2.24) is 4.90 Å². The fourth-order valence-corrected chi connectivity index (χ4v) is 3.65. The van der Waals surface area contributed by atoms with Gasteiger partial charge in [0.15, 0.2) is 0 Å². The molecule has 1 N–H and O–H groups in total. The molecule has 0 unspecified atom stereocenters. The Labute approximate surface area is 132 Å². The van der Waals surface area contributed by atoms with Gasteiger partial charge in [-0.3, -0.25) is 0 Å². The van der Waals surface area contributed by atoms with Gasteiger partial charge in [-0.05, 0) is 56.7 Å². The second kappa shape index (κ2) is 6.26. The minimum Gasteiger partial charge on any atom is -0.367 e. The summed E-state index contributed by atoms with van der Waals surface area (Å²) in [6.07, 6.45) is 5.66. The first-order valence-corrected chi connectivity index (χ1v) is 8.29. The van der Waals surface area contributed by atoms with Gasteiger partial charge in [0.25, 0.3) is 0 Å². The van der Waals surface area contributed by atoms with Crippen LogP contribution in [0.3, 0.4) is 0 Å². The highest BCUT2D eigenvalue weighted by Crippen LogP contribution is 2.33. The monoisotopic (exact) mass is 301 g/mol. The normalized spacial score (nSPS) is 29.6. The van der Waals surface area contributed by atoms with E-state index in [1.54, 1.807) is 6.07 Å². The lowest BCUT2D eigenvalue weighted by atomic mass is 9.81. The molecule has 1 aliphatic carbocycles. The molecule has 3 nitrogen and oxygen atoms in total. The van der Waals surface area contributed by atoms with Crippen molar-refractivity contribution < 1.29 is 4.39 Å². The maximum Gasteiger partial charge on any atom is 0.128 e. The molecular weight excluding hydrogens is 277 g/mol. The number of benzene rings is 1. The summed E-state index contributed by atoms with van der Waals surface area (Å²) in [6, 6.07) is 9.23. The molecule has 2 atom stereocenters. The summed E-state index contributed by atoms with van der Waals surface area (Å²) in [7, 11) is 0. The Balaban J connectivity index is 1.65. The summed E-state index contributed by atoms with van der Waals surface area (Å²) in [5.74, 6) is 0.585. The summed E-state index contributed by atoms with van der Waals surface area (Å²) in [4.78, 5) is 2.52. The maximum absolute atomic E-state index is 13.3. The van der Waals surface area contributed by atoms with Gasteiger partial charge >= 0.3 is 0 Å². The molecule has 0 spiro atoms. The molecule has 1 aromatic carbocycles. The van der Waals surface area contributed by atoms with Gasteiger partial charge < -0.3 is 10.2 Å². The summed E-state index contributed by atoms with van der Waals surface area (Å²) in [5, 5.41) is 13.0. The number of nitrogens with zero attached hydrogens (tertiary/aromatic N) is 2. The number of nitrogens with one attached hydrogen (secondary N) is 1. The summed E-state index contributed by atoms with van der Waals surface area (Å²) < 4.78 is 13.3. The van der Waals surface area contributed by atoms with Crippen molar-refractivity contribution in [3.63, 3.8) is 0 Å². The van der Waals surface area contributed by atoms with Crippen molar-refractivity contribution in [3.8, 4) is 6.07 Å². The number of hydrogen-bond donors (Lipinski definition) is 1. The van der Waals surface area contributed by atoms with Crippen LogP contribution in [0.25, 0.3) is 0 Å². The molecule has 0 aromatic heterocycles. The van der Waals surface area contributed by atoms with Crippen LogP contribution in [0.2, 0.25) is 0 Å². The molecule has 4 heteroatoms. The predicted molar refractivity (Wildman–Crippen MR) is 86.0 cm³/mol. The zero-order valence-electron chi connectivity index (χ0n) is 13.2. The van der Waals surface area contributed by atoms with Crippen molar-refractivity contribution in [2.75, 3.05) is 18.4 Å². The fourth-order valence-electron chi connectivity index (χ4n) is 3.65. The van der Waals surface area contributed by atoms with Crippen LogP contribution < -0.4 is 5.32 Å². The van der Waals surface area contributed by atoms with Crippen molar-refractivity contribution in [3.05, 3.63) is 30.1 Å². The first-order chi connectivity index (χ1) is 10.6. The minimum atomic E-state index is -0.580. The molecular formula is C18H24FN3. The van der Waals surface area contributed by atoms with E-state index in [4.69, 9.17) is 0 Å². The van der Waals surface area contributed by atoms with Gasteiger partial charge in [0.2, 0.25) is 0 Å². The van der Waals surface area contributed by atoms with Crippen LogP contribution in [0.1, 0.15) is 39.0 Å². The zero-order chi connectivity index (χ0) is 15.6. The van der Waals surface area contributed by atoms with E-state index in [-0.39, 0.29) is 5.82 Å². The molecule has 1 aliphatic heterocycles. The largest absolute Gasteiger partial charge is 0.367 e. The number of piperidine rings is 1. The van der Waals surface area contributed by atoms with Gasteiger partial charge in [-0.1, -0.05) is 12.5 Å². The SMILES string of the molecule is C[C@@H]1C[C@@](C#N)(Nc2cccc(F)c2)CCN1CC1CCC1. The number of halogens is 1. The van der Waals surface area contributed by atoms with Crippen LogP contribution in [0, 0.1) is 23.1 Å². The molecule has 1 heterocycles. The highest BCUT2D eigenvalue weighted by Gasteiger charge is 2.39. The number of hydrogen-bond acceptors (Lipinski definition) is 3. The molecule has 1 saturated carbocycles. The van der Waals surface area contributed by atoms with Gasteiger partial charge in [0.1, 0.15) is 11.4 Å². The molecule has 3 rings (SSSR count).